The van der Waals surface area contributed by atoms with E-state index in [1.807, 2.05) is 18.5 Å². The van der Waals surface area contributed by atoms with Crippen molar-refractivity contribution in [1.82, 2.24) is 9.55 Å². The third-order valence-corrected chi connectivity index (χ3v) is 3.74. The summed E-state index contributed by atoms with van der Waals surface area (Å²) in [5.74, 6) is 0. The van der Waals surface area contributed by atoms with Gasteiger partial charge in [-0.25, -0.2) is 0 Å². The number of nitrogens with zero attached hydrogens (tertiary/aromatic N) is 2. The van der Waals surface area contributed by atoms with Crippen LogP contribution in [0.25, 0.3) is 27.7 Å². The summed E-state index contributed by atoms with van der Waals surface area (Å²) in [6.45, 7) is 0. The van der Waals surface area contributed by atoms with Gasteiger partial charge in [-0.15, -0.1) is 0 Å². The fraction of sp³-hybridized carbons (Fsp3) is 0. The van der Waals surface area contributed by atoms with Crippen LogP contribution in [0, 0.1) is 0 Å². The lowest BCUT2D eigenvalue weighted by molar-refractivity contribution is 1.13. The lowest BCUT2D eigenvalue weighted by Gasteiger charge is -2.04. The summed E-state index contributed by atoms with van der Waals surface area (Å²) in [4.78, 5) is 4.11. The quantitative estimate of drug-likeness (QED) is 0.516. The molecule has 0 fully saturated rings. The minimum atomic E-state index is 1.18. The maximum Gasteiger partial charge on any atom is 0.0534 e. The van der Waals surface area contributed by atoms with Crippen molar-refractivity contribution >= 4 is 10.9 Å². The van der Waals surface area contributed by atoms with E-state index in [-0.39, 0.29) is 0 Å². The van der Waals surface area contributed by atoms with Crippen LogP contribution in [0.3, 0.4) is 0 Å². The van der Waals surface area contributed by atoms with Crippen LogP contribution in [-0.2, 0) is 0 Å². The SMILES string of the molecule is c1ccc(-n2cc(-c3ccncc3)c3ccccc32)cc1. The van der Waals surface area contributed by atoms with Crippen molar-refractivity contribution in [2.24, 2.45) is 0 Å². The van der Waals surface area contributed by atoms with Gasteiger partial charge in [0.25, 0.3) is 0 Å². The normalized spacial score (nSPS) is 10.9. The summed E-state index contributed by atoms with van der Waals surface area (Å²) in [5.41, 5.74) is 4.82. The highest BCUT2D eigenvalue weighted by Gasteiger charge is 2.10. The molecular formula is C19H14N2. The van der Waals surface area contributed by atoms with E-state index < -0.39 is 0 Å². The standard InChI is InChI=1S/C19H14N2/c1-2-6-16(7-3-1)21-14-18(15-10-12-20-13-11-15)17-8-4-5-9-19(17)21/h1-14H. The number of para-hydroxylation sites is 2. The van der Waals surface area contributed by atoms with E-state index in [2.05, 4.69) is 76.4 Å². The van der Waals surface area contributed by atoms with Gasteiger partial charge in [0.15, 0.2) is 0 Å². The number of benzene rings is 2. The van der Waals surface area contributed by atoms with Crippen molar-refractivity contribution < 1.29 is 0 Å². The van der Waals surface area contributed by atoms with Crippen LogP contribution in [0.5, 0.6) is 0 Å². The molecule has 0 saturated carbocycles. The van der Waals surface area contributed by atoms with Crippen molar-refractivity contribution in [3.8, 4) is 16.8 Å². The third-order valence-electron chi connectivity index (χ3n) is 3.74. The molecule has 0 aliphatic carbocycles. The molecule has 0 bridgehead atoms. The minimum Gasteiger partial charge on any atom is -0.316 e. The van der Waals surface area contributed by atoms with Gasteiger partial charge < -0.3 is 4.57 Å². The molecule has 0 amide bonds. The molecule has 2 heterocycles. The summed E-state index contributed by atoms with van der Waals surface area (Å²) in [7, 11) is 0. The Balaban J connectivity index is 2.02. The van der Waals surface area contributed by atoms with Crippen molar-refractivity contribution in [2.45, 2.75) is 0 Å². The minimum absolute atomic E-state index is 1.18. The zero-order chi connectivity index (χ0) is 14.1. The Morgan fingerprint density at radius 1 is 0.714 bits per heavy atom. The van der Waals surface area contributed by atoms with Gasteiger partial charge in [0.05, 0.1) is 5.52 Å². The second-order valence-corrected chi connectivity index (χ2v) is 5.00. The van der Waals surface area contributed by atoms with Crippen LogP contribution in [0.4, 0.5) is 0 Å². The van der Waals surface area contributed by atoms with E-state index >= 15 is 0 Å². The molecular weight excluding hydrogens is 256 g/mol. The number of hydrogen-bond donors (Lipinski definition) is 0. The van der Waals surface area contributed by atoms with Crippen LogP contribution in [0.2, 0.25) is 0 Å². The predicted molar refractivity (Wildman–Crippen MR) is 86.5 cm³/mol. The highest BCUT2D eigenvalue weighted by atomic mass is 15.0. The van der Waals surface area contributed by atoms with Gasteiger partial charge in [0.1, 0.15) is 0 Å². The summed E-state index contributed by atoms with van der Waals surface area (Å²) < 4.78 is 2.24. The van der Waals surface area contributed by atoms with Gasteiger partial charge in [0, 0.05) is 35.2 Å². The molecule has 4 rings (SSSR count). The van der Waals surface area contributed by atoms with E-state index in [9.17, 15) is 0 Å². The Morgan fingerprint density at radius 3 is 2.24 bits per heavy atom. The Morgan fingerprint density at radius 2 is 1.43 bits per heavy atom. The molecule has 21 heavy (non-hydrogen) atoms. The van der Waals surface area contributed by atoms with Gasteiger partial charge in [-0.2, -0.15) is 0 Å². The first-order chi connectivity index (χ1) is 10.4. The first-order valence-electron chi connectivity index (χ1n) is 6.99. The molecule has 0 saturated heterocycles. The van der Waals surface area contributed by atoms with Gasteiger partial charge in [-0.05, 0) is 35.9 Å². The second-order valence-electron chi connectivity index (χ2n) is 5.00. The van der Waals surface area contributed by atoms with E-state index in [1.54, 1.807) is 0 Å². The number of fused-ring (bicyclic) bond motifs is 1. The fourth-order valence-electron chi connectivity index (χ4n) is 2.74. The summed E-state index contributed by atoms with van der Waals surface area (Å²) in [6, 6.07) is 23.0. The fourth-order valence-corrected chi connectivity index (χ4v) is 2.74. The van der Waals surface area contributed by atoms with Gasteiger partial charge in [-0.1, -0.05) is 36.4 Å². The zero-order valence-electron chi connectivity index (χ0n) is 11.5. The first-order valence-corrected chi connectivity index (χ1v) is 6.99. The van der Waals surface area contributed by atoms with Crippen molar-refractivity contribution in [2.75, 3.05) is 0 Å². The Hall–Kier alpha value is -2.87. The maximum atomic E-state index is 4.11. The Bertz CT molecular complexity index is 804. The molecule has 100 valence electrons. The molecule has 0 N–H and O–H groups in total. The lowest BCUT2D eigenvalue weighted by Crippen LogP contribution is -1.90. The zero-order valence-corrected chi connectivity index (χ0v) is 11.5. The molecule has 0 radical (unpaired) electrons. The molecule has 0 atom stereocenters. The average Bonchev–Trinajstić information content (AvgIpc) is 2.96. The number of hydrogen-bond acceptors (Lipinski definition) is 1. The third kappa shape index (κ3) is 2.01. The number of aromatic nitrogens is 2. The first kappa shape index (κ1) is 11.9. The molecule has 0 aliphatic rings. The largest absolute Gasteiger partial charge is 0.316 e. The van der Waals surface area contributed by atoms with Gasteiger partial charge >= 0.3 is 0 Å². The Labute approximate surface area is 123 Å². The molecule has 2 nitrogen and oxygen atoms in total. The Kier molecular flexibility index (Phi) is 2.79. The summed E-state index contributed by atoms with van der Waals surface area (Å²) in [6.07, 6.45) is 5.88. The highest BCUT2D eigenvalue weighted by molar-refractivity contribution is 5.97. The number of rotatable bonds is 2. The van der Waals surface area contributed by atoms with Crippen molar-refractivity contribution in [3.05, 3.63) is 85.3 Å². The monoisotopic (exact) mass is 270 g/mol. The lowest BCUT2D eigenvalue weighted by atomic mass is 10.1. The van der Waals surface area contributed by atoms with Crippen LogP contribution in [0.15, 0.2) is 85.3 Å². The topological polar surface area (TPSA) is 17.8 Å². The van der Waals surface area contributed by atoms with Crippen molar-refractivity contribution in [1.29, 1.82) is 0 Å². The molecule has 2 heteroatoms. The molecule has 0 unspecified atom stereocenters. The van der Waals surface area contributed by atoms with Crippen LogP contribution >= 0.6 is 0 Å². The average molecular weight is 270 g/mol. The second kappa shape index (κ2) is 4.91. The van der Waals surface area contributed by atoms with E-state index in [4.69, 9.17) is 0 Å². The smallest absolute Gasteiger partial charge is 0.0534 e. The van der Waals surface area contributed by atoms with E-state index in [0.29, 0.717) is 0 Å². The van der Waals surface area contributed by atoms with Gasteiger partial charge in [-0.3, -0.25) is 4.98 Å². The highest BCUT2D eigenvalue weighted by Crippen LogP contribution is 2.32. The van der Waals surface area contributed by atoms with Crippen LogP contribution < -0.4 is 0 Å². The molecule has 2 aromatic carbocycles. The van der Waals surface area contributed by atoms with Crippen molar-refractivity contribution in [3.63, 3.8) is 0 Å². The molecule has 0 spiro atoms. The van der Waals surface area contributed by atoms with Gasteiger partial charge in [0.2, 0.25) is 0 Å². The molecule has 4 aromatic rings. The van der Waals surface area contributed by atoms with Crippen LogP contribution in [-0.4, -0.2) is 9.55 Å². The van der Waals surface area contributed by atoms with E-state index in [1.165, 1.54) is 27.7 Å². The van der Waals surface area contributed by atoms with E-state index in [0.717, 1.165) is 0 Å². The molecule has 2 aromatic heterocycles. The molecule has 0 aliphatic heterocycles. The summed E-state index contributed by atoms with van der Waals surface area (Å²) in [5, 5.41) is 1.26. The van der Waals surface area contributed by atoms with Crippen LogP contribution in [0.1, 0.15) is 0 Å². The predicted octanol–water partition coefficient (Wildman–Crippen LogP) is 4.69. The number of pyridine rings is 1. The summed E-state index contributed by atoms with van der Waals surface area (Å²) >= 11 is 0. The maximum absolute atomic E-state index is 4.11.